The Balaban J connectivity index is 2.02. The Morgan fingerprint density at radius 1 is 1.41 bits per heavy atom. The van der Waals surface area contributed by atoms with E-state index in [0.717, 1.165) is 37.1 Å². The molecule has 3 nitrogen and oxygen atoms in total. The molecule has 0 bridgehead atoms. The summed E-state index contributed by atoms with van der Waals surface area (Å²) in [4.78, 5) is 0. The van der Waals surface area contributed by atoms with Gasteiger partial charge in [0.05, 0.1) is 24.3 Å². The van der Waals surface area contributed by atoms with E-state index in [1.807, 2.05) is 12.1 Å². The molecule has 0 unspecified atom stereocenters. The van der Waals surface area contributed by atoms with E-state index in [-0.39, 0.29) is 6.10 Å². The SMILES string of the molecule is N#Cc1cccc2c1[C@@H]([C@H]1CCCN1)OCC2. The first-order chi connectivity index (χ1) is 8.40. The third kappa shape index (κ3) is 1.84. The lowest BCUT2D eigenvalue weighted by Crippen LogP contribution is -2.34. The Morgan fingerprint density at radius 2 is 2.35 bits per heavy atom. The highest BCUT2D eigenvalue weighted by Gasteiger charge is 2.32. The number of nitriles is 1. The first kappa shape index (κ1) is 10.8. The van der Waals surface area contributed by atoms with Gasteiger partial charge in [0.2, 0.25) is 0 Å². The van der Waals surface area contributed by atoms with Crippen LogP contribution in [0.3, 0.4) is 0 Å². The van der Waals surface area contributed by atoms with Gasteiger partial charge in [-0.3, -0.25) is 0 Å². The van der Waals surface area contributed by atoms with Gasteiger partial charge in [-0.05, 0) is 37.4 Å². The van der Waals surface area contributed by atoms with Crippen LogP contribution in [0.1, 0.15) is 35.6 Å². The van der Waals surface area contributed by atoms with Crippen molar-refractivity contribution in [2.75, 3.05) is 13.2 Å². The minimum Gasteiger partial charge on any atom is -0.371 e. The van der Waals surface area contributed by atoms with Gasteiger partial charge in [-0.1, -0.05) is 12.1 Å². The third-order valence-corrected chi connectivity index (χ3v) is 3.73. The molecule has 2 heterocycles. The number of hydrogen-bond donors (Lipinski definition) is 1. The molecule has 1 aromatic carbocycles. The molecule has 0 saturated carbocycles. The number of rotatable bonds is 1. The second-order valence-corrected chi connectivity index (χ2v) is 4.73. The molecule has 2 atom stereocenters. The van der Waals surface area contributed by atoms with E-state index >= 15 is 0 Å². The standard InChI is InChI=1S/C14H16N2O/c15-9-11-4-1-3-10-6-8-17-14(13(10)11)12-5-2-7-16-12/h1,3-4,12,14,16H,2,5-8H2/t12-,14-/m1/s1. The molecule has 1 N–H and O–H groups in total. The van der Waals surface area contributed by atoms with Crippen molar-refractivity contribution < 1.29 is 4.74 Å². The monoisotopic (exact) mass is 228 g/mol. The van der Waals surface area contributed by atoms with E-state index in [1.54, 1.807) is 0 Å². The maximum atomic E-state index is 9.23. The molecule has 1 aromatic rings. The van der Waals surface area contributed by atoms with Crippen LogP contribution in [-0.2, 0) is 11.2 Å². The Labute approximate surface area is 101 Å². The van der Waals surface area contributed by atoms with Crippen LogP contribution in [-0.4, -0.2) is 19.2 Å². The third-order valence-electron chi connectivity index (χ3n) is 3.73. The zero-order chi connectivity index (χ0) is 11.7. The van der Waals surface area contributed by atoms with Gasteiger partial charge in [0, 0.05) is 11.6 Å². The van der Waals surface area contributed by atoms with E-state index in [9.17, 15) is 5.26 Å². The number of nitrogens with zero attached hydrogens (tertiary/aromatic N) is 1. The van der Waals surface area contributed by atoms with Gasteiger partial charge in [-0.2, -0.15) is 5.26 Å². The van der Waals surface area contributed by atoms with Gasteiger partial charge >= 0.3 is 0 Å². The highest BCUT2D eigenvalue weighted by atomic mass is 16.5. The van der Waals surface area contributed by atoms with E-state index < -0.39 is 0 Å². The lowest BCUT2D eigenvalue weighted by molar-refractivity contribution is 0.0197. The second-order valence-electron chi connectivity index (χ2n) is 4.73. The molecular formula is C14H16N2O. The molecule has 1 saturated heterocycles. The average molecular weight is 228 g/mol. The molecule has 3 heteroatoms. The normalized spacial score (nSPS) is 27.5. The minimum absolute atomic E-state index is 0.0668. The Hall–Kier alpha value is -1.37. The molecule has 0 aliphatic carbocycles. The number of hydrogen-bond acceptors (Lipinski definition) is 3. The minimum atomic E-state index is 0.0668. The van der Waals surface area contributed by atoms with Crippen molar-refractivity contribution in [3.63, 3.8) is 0 Å². The summed E-state index contributed by atoms with van der Waals surface area (Å²) in [5.74, 6) is 0. The number of nitrogens with one attached hydrogen (secondary N) is 1. The van der Waals surface area contributed by atoms with Gasteiger partial charge in [0.15, 0.2) is 0 Å². The Bertz CT molecular complexity index is 458. The molecule has 0 aromatic heterocycles. The molecule has 2 aliphatic heterocycles. The maximum Gasteiger partial charge on any atom is 0.0995 e. The van der Waals surface area contributed by atoms with Gasteiger partial charge in [-0.15, -0.1) is 0 Å². The van der Waals surface area contributed by atoms with Gasteiger partial charge in [0.1, 0.15) is 0 Å². The van der Waals surface area contributed by atoms with Gasteiger partial charge in [0.25, 0.3) is 0 Å². The molecule has 3 rings (SSSR count). The smallest absolute Gasteiger partial charge is 0.0995 e. The molecule has 0 spiro atoms. The summed E-state index contributed by atoms with van der Waals surface area (Å²) in [6, 6.07) is 8.68. The van der Waals surface area contributed by atoms with Crippen LogP contribution < -0.4 is 5.32 Å². The highest BCUT2D eigenvalue weighted by molar-refractivity contribution is 5.46. The predicted octanol–water partition coefficient (Wildman–Crippen LogP) is 1.92. The number of benzene rings is 1. The largest absolute Gasteiger partial charge is 0.371 e. The first-order valence-electron chi connectivity index (χ1n) is 6.27. The van der Waals surface area contributed by atoms with Crippen molar-refractivity contribution in [1.29, 1.82) is 5.26 Å². The molecular weight excluding hydrogens is 212 g/mol. The summed E-state index contributed by atoms with van der Waals surface area (Å²) in [5, 5.41) is 12.7. The Morgan fingerprint density at radius 3 is 3.12 bits per heavy atom. The van der Waals surface area contributed by atoms with Crippen LogP contribution >= 0.6 is 0 Å². The number of ether oxygens (including phenoxy) is 1. The fourth-order valence-electron chi connectivity index (χ4n) is 2.93. The van der Waals surface area contributed by atoms with Crippen molar-refractivity contribution in [1.82, 2.24) is 5.32 Å². The highest BCUT2D eigenvalue weighted by Crippen LogP contribution is 2.34. The first-order valence-corrected chi connectivity index (χ1v) is 6.27. The molecule has 0 amide bonds. The van der Waals surface area contributed by atoms with E-state index in [0.29, 0.717) is 6.04 Å². The zero-order valence-electron chi connectivity index (χ0n) is 9.78. The fourth-order valence-corrected chi connectivity index (χ4v) is 2.93. The van der Waals surface area contributed by atoms with Crippen molar-refractivity contribution in [2.24, 2.45) is 0 Å². The summed E-state index contributed by atoms with van der Waals surface area (Å²) >= 11 is 0. The van der Waals surface area contributed by atoms with Crippen LogP contribution in [0.4, 0.5) is 0 Å². The molecule has 0 radical (unpaired) electrons. The van der Waals surface area contributed by atoms with Gasteiger partial charge < -0.3 is 10.1 Å². The molecule has 2 aliphatic rings. The molecule has 1 fully saturated rings. The van der Waals surface area contributed by atoms with Crippen LogP contribution in [0.25, 0.3) is 0 Å². The van der Waals surface area contributed by atoms with E-state index in [4.69, 9.17) is 4.74 Å². The number of fused-ring (bicyclic) bond motifs is 1. The van der Waals surface area contributed by atoms with Gasteiger partial charge in [-0.25, -0.2) is 0 Å². The molecule has 88 valence electrons. The lowest BCUT2D eigenvalue weighted by atomic mass is 9.89. The summed E-state index contributed by atoms with van der Waals surface area (Å²) in [6.07, 6.45) is 3.34. The van der Waals surface area contributed by atoms with Crippen LogP contribution in [0, 0.1) is 11.3 Å². The van der Waals surface area contributed by atoms with Crippen molar-refractivity contribution in [3.8, 4) is 6.07 Å². The van der Waals surface area contributed by atoms with Crippen molar-refractivity contribution in [2.45, 2.75) is 31.4 Å². The van der Waals surface area contributed by atoms with Crippen LogP contribution in [0.15, 0.2) is 18.2 Å². The van der Waals surface area contributed by atoms with E-state index in [1.165, 1.54) is 12.0 Å². The maximum absolute atomic E-state index is 9.23. The lowest BCUT2D eigenvalue weighted by Gasteiger charge is -2.31. The van der Waals surface area contributed by atoms with Crippen LogP contribution in [0.2, 0.25) is 0 Å². The van der Waals surface area contributed by atoms with Crippen LogP contribution in [0.5, 0.6) is 0 Å². The van der Waals surface area contributed by atoms with E-state index in [2.05, 4.69) is 17.5 Å². The van der Waals surface area contributed by atoms with Crippen molar-refractivity contribution in [3.05, 3.63) is 34.9 Å². The van der Waals surface area contributed by atoms with Crippen molar-refractivity contribution >= 4 is 0 Å². The second kappa shape index (κ2) is 4.48. The predicted molar refractivity (Wildman–Crippen MR) is 64.6 cm³/mol. The quantitative estimate of drug-likeness (QED) is 0.798. The zero-order valence-corrected chi connectivity index (χ0v) is 9.78. The summed E-state index contributed by atoms with van der Waals surface area (Å²) in [6.45, 7) is 1.83. The molecule has 17 heavy (non-hydrogen) atoms. The fraction of sp³-hybridized carbons (Fsp3) is 0.500. The average Bonchev–Trinajstić information content (AvgIpc) is 2.91. The summed E-state index contributed by atoms with van der Waals surface area (Å²) in [7, 11) is 0. The summed E-state index contributed by atoms with van der Waals surface area (Å²) < 4.78 is 5.92. The Kier molecular flexibility index (Phi) is 2.84. The topological polar surface area (TPSA) is 45.0 Å². The summed E-state index contributed by atoms with van der Waals surface area (Å²) in [5.41, 5.74) is 3.19.